The molecule has 0 aliphatic carbocycles. The largest absolute Gasteiger partial charge is 0.492 e. The van der Waals surface area contributed by atoms with Crippen molar-refractivity contribution in [2.24, 2.45) is 12.8 Å². The van der Waals surface area contributed by atoms with Gasteiger partial charge in [-0.15, -0.1) is 0 Å². The van der Waals surface area contributed by atoms with Gasteiger partial charge in [0.25, 0.3) is 0 Å². The fraction of sp³-hybridized carbons (Fsp3) is 0.320. The molecule has 2 aromatic carbocycles. The van der Waals surface area contributed by atoms with Crippen molar-refractivity contribution < 1.29 is 27.5 Å². The molecule has 0 unspecified atom stereocenters. The summed E-state index contributed by atoms with van der Waals surface area (Å²) < 4.78 is 49.3. The molecule has 4 rings (SSSR count). The third-order valence-corrected chi connectivity index (χ3v) is 6.55. The number of nitrogens with zero attached hydrogens (tertiary/aromatic N) is 4. The summed E-state index contributed by atoms with van der Waals surface area (Å²) in [5.41, 5.74) is 4.89. The molecule has 0 saturated carbocycles. The van der Waals surface area contributed by atoms with Crippen LogP contribution in [0.25, 0.3) is 22.4 Å². The van der Waals surface area contributed by atoms with Crippen molar-refractivity contribution in [3.63, 3.8) is 0 Å². The number of alkyl halides is 3. The average molecular weight is 536 g/mol. The molecule has 0 radical (unpaired) electrons. The minimum Gasteiger partial charge on any atom is -0.492 e. The summed E-state index contributed by atoms with van der Waals surface area (Å²) in [5, 5.41) is 4.43. The van der Waals surface area contributed by atoms with E-state index >= 15 is 0 Å². The lowest BCUT2D eigenvalue weighted by Crippen LogP contribution is -2.46. The van der Waals surface area contributed by atoms with Crippen LogP contribution in [-0.4, -0.2) is 71.2 Å². The molecule has 0 atom stereocenters. The first kappa shape index (κ1) is 26.5. The average Bonchev–Trinajstić information content (AvgIpc) is 3.21. The van der Waals surface area contributed by atoms with E-state index in [-0.39, 0.29) is 21.7 Å². The van der Waals surface area contributed by atoms with E-state index in [0.717, 1.165) is 18.5 Å². The zero-order valence-corrected chi connectivity index (χ0v) is 20.7. The number of benzene rings is 2. The monoisotopic (exact) mass is 535 g/mol. The summed E-state index contributed by atoms with van der Waals surface area (Å²) in [6.45, 7) is 3.59. The van der Waals surface area contributed by atoms with Gasteiger partial charge < -0.3 is 15.4 Å². The van der Waals surface area contributed by atoms with Crippen LogP contribution < -0.4 is 10.5 Å². The Morgan fingerprint density at radius 1 is 1.19 bits per heavy atom. The van der Waals surface area contributed by atoms with Crippen LogP contribution in [0.2, 0.25) is 5.02 Å². The lowest BCUT2D eigenvalue weighted by molar-refractivity contribution is -0.137. The van der Waals surface area contributed by atoms with Crippen LogP contribution in [0.3, 0.4) is 0 Å². The van der Waals surface area contributed by atoms with Gasteiger partial charge in [0, 0.05) is 56.5 Å². The van der Waals surface area contributed by atoms with E-state index in [0.29, 0.717) is 56.3 Å². The second kappa shape index (κ2) is 10.8. The van der Waals surface area contributed by atoms with Gasteiger partial charge in [-0.1, -0.05) is 23.7 Å². The summed E-state index contributed by atoms with van der Waals surface area (Å²) >= 11 is 6.38. The standard InChI is InChI=1S/C25H25ClF3N5O3/c1-32-23(20(26)14-31-32)18-13-16(22-17(24(30)36)3-2-4-19(22)25(27,28)29)5-6-21(18)37-12-11-33-7-9-34(15-35)10-8-33/h2-6,13-15H,7-12H2,1H3,(H2,30,36). The number of carbonyl (C=O) groups is 2. The van der Waals surface area contributed by atoms with E-state index < -0.39 is 17.6 Å². The molecule has 1 saturated heterocycles. The molecule has 12 heteroatoms. The van der Waals surface area contributed by atoms with Crippen LogP contribution in [0, 0.1) is 0 Å². The highest BCUT2D eigenvalue weighted by molar-refractivity contribution is 6.33. The van der Waals surface area contributed by atoms with Gasteiger partial charge in [-0.3, -0.25) is 19.2 Å². The van der Waals surface area contributed by atoms with E-state index in [9.17, 15) is 22.8 Å². The number of hydrogen-bond donors (Lipinski definition) is 1. The maximum absolute atomic E-state index is 13.9. The first-order valence-corrected chi connectivity index (χ1v) is 11.8. The number of hydrogen-bond acceptors (Lipinski definition) is 5. The molecule has 2 N–H and O–H groups in total. The predicted octanol–water partition coefficient (Wildman–Crippen LogP) is 3.68. The molecular weight excluding hydrogens is 511 g/mol. The summed E-state index contributed by atoms with van der Waals surface area (Å²) in [7, 11) is 1.66. The van der Waals surface area contributed by atoms with Crippen molar-refractivity contribution in [2.45, 2.75) is 6.18 Å². The summed E-state index contributed by atoms with van der Waals surface area (Å²) in [4.78, 5) is 26.8. The van der Waals surface area contributed by atoms with Crippen LogP contribution in [0.4, 0.5) is 13.2 Å². The van der Waals surface area contributed by atoms with E-state index in [2.05, 4.69) is 10.00 Å². The summed E-state index contributed by atoms with van der Waals surface area (Å²) in [6, 6.07) is 7.83. The topological polar surface area (TPSA) is 93.7 Å². The Kier molecular flexibility index (Phi) is 7.74. The third-order valence-electron chi connectivity index (χ3n) is 6.27. The van der Waals surface area contributed by atoms with Gasteiger partial charge in [0.15, 0.2) is 0 Å². The van der Waals surface area contributed by atoms with Crippen molar-refractivity contribution >= 4 is 23.9 Å². The van der Waals surface area contributed by atoms with Gasteiger partial charge in [-0.2, -0.15) is 18.3 Å². The van der Waals surface area contributed by atoms with E-state index in [1.165, 1.54) is 29.1 Å². The maximum Gasteiger partial charge on any atom is 0.417 e. The van der Waals surface area contributed by atoms with Crippen molar-refractivity contribution in [2.75, 3.05) is 39.3 Å². The number of ether oxygens (including phenoxy) is 1. The zero-order valence-electron chi connectivity index (χ0n) is 20.0. The van der Waals surface area contributed by atoms with Crippen molar-refractivity contribution in [1.29, 1.82) is 0 Å². The lowest BCUT2D eigenvalue weighted by Gasteiger charge is -2.32. The van der Waals surface area contributed by atoms with E-state index in [1.807, 2.05) is 0 Å². The molecule has 8 nitrogen and oxygen atoms in total. The number of nitrogens with two attached hydrogens (primary N) is 1. The highest BCUT2D eigenvalue weighted by atomic mass is 35.5. The molecule has 196 valence electrons. The van der Waals surface area contributed by atoms with Gasteiger partial charge >= 0.3 is 6.18 Å². The number of carbonyl (C=O) groups excluding carboxylic acids is 2. The van der Waals surface area contributed by atoms with Crippen molar-refractivity contribution in [3.05, 3.63) is 58.7 Å². The lowest BCUT2D eigenvalue weighted by atomic mass is 9.92. The summed E-state index contributed by atoms with van der Waals surface area (Å²) in [5.74, 6) is -0.581. The van der Waals surface area contributed by atoms with Gasteiger partial charge in [0.2, 0.25) is 12.3 Å². The molecular formula is C25H25ClF3N5O3. The Morgan fingerprint density at radius 2 is 1.92 bits per heavy atom. The third kappa shape index (κ3) is 5.72. The molecule has 37 heavy (non-hydrogen) atoms. The van der Waals surface area contributed by atoms with Crippen LogP contribution in [0.1, 0.15) is 15.9 Å². The number of rotatable bonds is 8. The Hall–Kier alpha value is -3.57. The van der Waals surface area contributed by atoms with Crippen LogP contribution in [-0.2, 0) is 18.0 Å². The highest BCUT2D eigenvalue weighted by Gasteiger charge is 2.35. The molecule has 2 amide bonds. The first-order chi connectivity index (χ1) is 17.6. The first-order valence-electron chi connectivity index (χ1n) is 11.5. The van der Waals surface area contributed by atoms with Gasteiger partial charge in [0.1, 0.15) is 12.4 Å². The predicted molar refractivity (Wildman–Crippen MR) is 132 cm³/mol. The van der Waals surface area contributed by atoms with Gasteiger partial charge in [-0.25, -0.2) is 0 Å². The minimum absolute atomic E-state index is 0.131. The molecule has 1 aliphatic heterocycles. The number of aromatic nitrogens is 2. The molecule has 3 aromatic rings. The maximum atomic E-state index is 13.9. The van der Waals surface area contributed by atoms with Crippen LogP contribution in [0.5, 0.6) is 5.75 Å². The van der Waals surface area contributed by atoms with Crippen LogP contribution >= 0.6 is 11.6 Å². The van der Waals surface area contributed by atoms with E-state index in [1.54, 1.807) is 18.0 Å². The fourth-order valence-corrected chi connectivity index (χ4v) is 4.66. The Labute approximate surface area is 216 Å². The summed E-state index contributed by atoms with van der Waals surface area (Å²) in [6.07, 6.45) is -2.45. The van der Waals surface area contributed by atoms with Gasteiger partial charge in [-0.05, 0) is 29.8 Å². The van der Waals surface area contributed by atoms with Crippen molar-refractivity contribution in [3.8, 4) is 28.1 Å². The Morgan fingerprint density at radius 3 is 2.51 bits per heavy atom. The smallest absolute Gasteiger partial charge is 0.417 e. The molecule has 0 bridgehead atoms. The molecule has 1 aromatic heterocycles. The van der Waals surface area contributed by atoms with Crippen molar-refractivity contribution in [1.82, 2.24) is 19.6 Å². The Balaban J connectivity index is 1.72. The zero-order chi connectivity index (χ0) is 26.7. The molecule has 1 aliphatic rings. The van der Waals surface area contributed by atoms with Gasteiger partial charge in [0.05, 0.1) is 22.5 Å². The normalized spacial score (nSPS) is 14.6. The fourth-order valence-electron chi connectivity index (χ4n) is 4.39. The highest BCUT2D eigenvalue weighted by Crippen LogP contribution is 2.43. The van der Waals surface area contributed by atoms with E-state index in [4.69, 9.17) is 22.1 Å². The molecule has 1 fully saturated rings. The second-order valence-corrected chi connectivity index (χ2v) is 9.00. The minimum atomic E-state index is -4.71. The number of halogens is 4. The Bertz CT molecular complexity index is 1280. The SMILES string of the molecule is Cn1ncc(Cl)c1-c1cc(-c2c(C(N)=O)cccc2C(F)(F)F)ccc1OCCN1CCN(C=O)CC1. The second-order valence-electron chi connectivity index (χ2n) is 8.60. The molecule has 0 spiro atoms. The van der Waals surface area contributed by atoms with Crippen LogP contribution in [0.15, 0.2) is 42.6 Å². The number of aryl methyl sites for hydroxylation is 1. The molecule has 2 heterocycles. The quantitative estimate of drug-likeness (QED) is 0.444. The number of primary amides is 1. The number of amides is 2. The number of piperazine rings is 1.